The minimum Gasteiger partial charge on any atom is -0.484 e. The van der Waals surface area contributed by atoms with E-state index in [4.69, 9.17) is 4.74 Å². The molecule has 1 aliphatic rings. The first kappa shape index (κ1) is 17.8. The number of rotatable bonds is 7. The van der Waals surface area contributed by atoms with Gasteiger partial charge in [0.1, 0.15) is 11.6 Å². The molecule has 0 saturated heterocycles. The van der Waals surface area contributed by atoms with E-state index >= 15 is 0 Å². The summed E-state index contributed by atoms with van der Waals surface area (Å²) < 4.78 is 19.5. The molecule has 0 aliphatic heterocycles. The van der Waals surface area contributed by atoms with Gasteiger partial charge in [-0.05, 0) is 31.9 Å². The molecule has 2 aromatic carbocycles. The van der Waals surface area contributed by atoms with Crippen molar-refractivity contribution in [3.63, 3.8) is 0 Å². The fourth-order valence-electron chi connectivity index (χ4n) is 2.96. The van der Waals surface area contributed by atoms with Crippen LogP contribution in [0.5, 0.6) is 5.75 Å². The van der Waals surface area contributed by atoms with Crippen LogP contribution in [0.3, 0.4) is 0 Å². The van der Waals surface area contributed by atoms with Crippen LogP contribution in [-0.4, -0.2) is 28.4 Å². The highest BCUT2D eigenvalue weighted by molar-refractivity contribution is 5.79. The molecule has 0 bridgehead atoms. The zero-order chi connectivity index (χ0) is 18.7. The lowest BCUT2D eigenvalue weighted by Gasteiger charge is -2.30. The normalized spacial score (nSPS) is 14.5. The molecule has 6 nitrogen and oxygen atoms in total. The Hall–Kier alpha value is -2.96. The summed E-state index contributed by atoms with van der Waals surface area (Å²) in [5.41, 5.74) is 0.358. The Kier molecular flexibility index (Phi) is 5.16. The summed E-state index contributed by atoms with van der Waals surface area (Å²) in [6.45, 7) is 1.54. The molecule has 0 heterocycles. The van der Waals surface area contributed by atoms with Crippen molar-refractivity contribution in [1.29, 1.82) is 0 Å². The van der Waals surface area contributed by atoms with Crippen LogP contribution in [0.4, 0.5) is 10.1 Å². The third-order valence-corrected chi connectivity index (χ3v) is 4.39. The molecule has 0 spiro atoms. The third-order valence-electron chi connectivity index (χ3n) is 4.39. The van der Waals surface area contributed by atoms with Gasteiger partial charge >= 0.3 is 0 Å². The summed E-state index contributed by atoms with van der Waals surface area (Å²) in [6, 6.07) is 11.7. The summed E-state index contributed by atoms with van der Waals surface area (Å²) in [6.07, 6.45) is 1.75. The maximum Gasteiger partial charge on any atom is 0.273 e. The number of carbonyl (C=O) groups is 1. The van der Waals surface area contributed by atoms with Crippen molar-refractivity contribution in [2.75, 3.05) is 6.61 Å². The van der Waals surface area contributed by atoms with Crippen molar-refractivity contribution in [2.45, 2.75) is 31.8 Å². The van der Waals surface area contributed by atoms with Crippen LogP contribution in [0.15, 0.2) is 48.5 Å². The van der Waals surface area contributed by atoms with Gasteiger partial charge in [0, 0.05) is 17.7 Å². The number of hydrogen-bond donors (Lipinski definition) is 0. The second kappa shape index (κ2) is 7.51. The lowest BCUT2D eigenvalue weighted by atomic mass is 10.1. The fourth-order valence-corrected chi connectivity index (χ4v) is 2.96. The number of halogens is 1. The molecular formula is C19H19FN2O4. The molecule has 1 aliphatic carbocycles. The van der Waals surface area contributed by atoms with E-state index in [0.717, 1.165) is 12.8 Å². The standard InChI is InChI=1S/C19H19FN2O4/c1-13(17-7-2-3-8-18(17)20)21(14-9-10-14)19(23)12-26-16-6-4-5-15(11-16)22(24)25/h2-8,11,13-14H,9-10,12H2,1H3/t13-/m0/s1. The molecule has 1 saturated carbocycles. The molecule has 26 heavy (non-hydrogen) atoms. The zero-order valence-corrected chi connectivity index (χ0v) is 14.3. The Balaban J connectivity index is 1.71. The van der Waals surface area contributed by atoms with Crippen LogP contribution >= 0.6 is 0 Å². The SMILES string of the molecule is C[C@@H](c1ccccc1F)N(C(=O)COc1cccc([N+](=O)[O-])c1)C1CC1. The van der Waals surface area contributed by atoms with E-state index in [2.05, 4.69) is 0 Å². The van der Waals surface area contributed by atoms with E-state index in [0.29, 0.717) is 5.56 Å². The number of hydrogen-bond acceptors (Lipinski definition) is 4. The molecular weight excluding hydrogens is 339 g/mol. The second-order valence-electron chi connectivity index (χ2n) is 6.27. The molecule has 1 fully saturated rings. The largest absolute Gasteiger partial charge is 0.484 e. The predicted octanol–water partition coefficient (Wildman–Crippen LogP) is 3.86. The van der Waals surface area contributed by atoms with Gasteiger partial charge in [-0.3, -0.25) is 14.9 Å². The molecule has 0 aromatic heterocycles. The highest BCUT2D eigenvalue weighted by Crippen LogP contribution is 2.35. The quantitative estimate of drug-likeness (QED) is 0.556. The number of non-ortho nitro benzene ring substituents is 1. The Morgan fingerprint density at radius 2 is 2.04 bits per heavy atom. The van der Waals surface area contributed by atoms with E-state index in [-0.39, 0.29) is 35.8 Å². The van der Waals surface area contributed by atoms with Gasteiger partial charge in [-0.1, -0.05) is 24.3 Å². The van der Waals surface area contributed by atoms with Crippen LogP contribution in [-0.2, 0) is 4.79 Å². The first-order chi connectivity index (χ1) is 12.5. The number of carbonyl (C=O) groups excluding carboxylic acids is 1. The summed E-state index contributed by atoms with van der Waals surface area (Å²) in [5.74, 6) is -0.366. The van der Waals surface area contributed by atoms with Crippen LogP contribution in [0.25, 0.3) is 0 Å². The Morgan fingerprint density at radius 1 is 1.31 bits per heavy atom. The van der Waals surface area contributed by atoms with E-state index in [1.54, 1.807) is 36.1 Å². The third kappa shape index (κ3) is 3.99. The van der Waals surface area contributed by atoms with Crippen molar-refractivity contribution < 1.29 is 18.8 Å². The lowest BCUT2D eigenvalue weighted by molar-refractivity contribution is -0.384. The molecule has 3 rings (SSSR count). The Bertz CT molecular complexity index is 823. The first-order valence-corrected chi connectivity index (χ1v) is 8.40. The van der Waals surface area contributed by atoms with Gasteiger partial charge < -0.3 is 9.64 Å². The monoisotopic (exact) mass is 358 g/mol. The van der Waals surface area contributed by atoms with Gasteiger partial charge in [0.05, 0.1) is 17.0 Å². The fraction of sp³-hybridized carbons (Fsp3) is 0.316. The van der Waals surface area contributed by atoms with Gasteiger partial charge in [-0.25, -0.2) is 4.39 Å². The van der Waals surface area contributed by atoms with Crippen molar-refractivity contribution >= 4 is 11.6 Å². The minimum atomic E-state index is -0.522. The van der Waals surface area contributed by atoms with Crippen LogP contribution in [0.1, 0.15) is 31.4 Å². The number of nitrogens with zero attached hydrogens (tertiary/aromatic N) is 2. The minimum absolute atomic E-state index is 0.0748. The summed E-state index contributed by atoms with van der Waals surface area (Å²) in [5, 5.41) is 10.8. The van der Waals surface area contributed by atoms with Crippen LogP contribution in [0, 0.1) is 15.9 Å². The highest BCUT2D eigenvalue weighted by Gasteiger charge is 2.37. The second-order valence-corrected chi connectivity index (χ2v) is 6.27. The number of amides is 1. The Morgan fingerprint density at radius 3 is 2.69 bits per heavy atom. The molecule has 7 heteroatoms. The lowest BCUT2D eigenvalue weighted by Crippen LogP contribution is -2.39. The van der Waals surface area contributed by atoms with E-state index in [9.17, 15) is 19.3 Å². The topological polar surface area (TPSA) is 72.7 Å². The van der Waals surface area contributed by atoms with Crippen molar-refractivity contribution in [3.05, 3.63) is 70.0 Å². The number of ether oxygens (including phenoxy) is 1. The number of benzene rings is 2. The van der Waals surface area contributed by atoms with Gasteiger partial charge in [0.25, 0.3) is 11.6 Å². The van der Waals surface area contributed by atoms with Gasteiger partial charge in [0.15, 0.2) is 6.61 Å². The molecule has 1 atom stereocenters. The molecule has 0 radical (unpaired) electrons. The van der Waals surface area contributed by atoms with Gasteiger partial charge in [0.2, 0.25) is 0 Å². The van der Waals surface area contributed by atoms with Crippen molar-refractivity contribution in [1.82, 2.24) is 4.90 Å². The van der Waals surface area contributed by atoms with E-state index in [1.807, 2.05) is 0 Å². The molecule has 136 valence electrons. The maximum absolute atomic E-state index is 14.1. The van der Waals surface area contributed by atoms with Crippen LogP contribution < -0.4 is 4.74 Å². The van der Waals surface area contributed by atoms with Crippen molar-refractivity contribution in [2.24, 2.45) is 0 Å². The molecule has 1 amide bonds. The summed E-state index contributed by atoms with van der Waals surface area (Å²) in [7, 11) is 0. The summed E-state index contributed by atoms with van der Waals surface area (Å²) >= 11 is 0. The van der Waals surface area contributed by atoms with Gasteiger partial charge in [-0.2, -0.15) is 0 Å². The first-order valence-electron chi connectivity index (χ1n) is 8.40. The van der Waals surface area contributed by atoms with E-state index in [1.165, 1.54) is 24.3 Å². The highest BCUT2D eigenvalue weighted by atomic mass is 19.1. The zero-order valence-electron chi connectivity index (χ0n) is 14.3. The summed E-state index contributed by atoms with van der Waals surface area (Å²) in [4.78, 5) is 24.6. The average molecular weight is 358 g/mol. The van der Waals surface area contributed by atoms with Crippen LogP contribution in [0.2, 0.25) is 0 Å². The predicted molar refractivity (Wildman–Crippen MR) is 93.3 cm³/mol. The smallest absolute Gasteiger partial charge is 0.273 e. The van der Waals surface area contributed by atoms with Gasteiger partial charge in [-0.15, -0.1) is 0 Å². The van der Waals surface area contributed by atoms with E-state index < -0.39 is 11.0 Å². The van der Waals surface area contributed by atoms with Crippen molar-refractivity contribution in [3.8, 4) is 5.75 Å². The number of nitro benzene ring substituents is 1. The maximum atomic E-state index is 14.1. The average Bonchev–Trinajstić information content (AvgIpc) is 3.45. The molecule has 0 N–H and O–H groups in total. The molecule has 0 unspecified atom stereocenters. The number of nitro groups is 1. The molecule has 2 aromatic rings. The Labute approximate surface area is 150 Å².